The molecule has 34 heavy (non-hydrogen) atoms. The van der Waals surface area contributed by atoms with Gasteiger partial charge in [0.2, 0.25) is 5.91 Å². The van der Waals surface area contributed by atoms with Crippen molar-refractivity contribution in [1.29, 1.82) is 0 Å². The molecule has 3 aromatic carbocycles. The maximum atomic E-state index is 13.4. The Labute approximate surface area is 208 Å². The predicted molar refractivity (Wildman–Crippen MR) is 133 cm³/mol. The first-order valence-electron chi connectivity index (χ1n) is 10.2. The number of anilines is 2. The van der Waals surface area contributed by atoms with Crippen LogP contribution >= 0.6 is 23.2 Å². The van der Waals surface area contributed by atoms with Gasteiger partial charge < -0.3 is 10.1 Å². The van der Waals surface area contributed by atoms with Crippen LogP contribution in [0.1, 0.15) is 22.8 Å². The van der Waals surface area contributed by atoms with Crippen LogP contribution in [-0.2, 0) is 19.6 Å². The second kappa shape index (κ2) is 10.9. The fraction of sp³-hybridized carbons (Fsp3) is 0.167. The number of nitrogens with zero attached hydrogens (tertiary/aromatic N) is 1. The molecule has 0 aliphatic carbocycles. The van der Waals surface area contributed by atoms with Gasteiger partial charge in [-0.1, -0.05) is 47.5 Å². The average Bonchev–Trinajstić information content (AvgIpc) is 2.80. The predicted octanol–water partition coefficient (Wildman–Crippen LogP) is 5.31. The van der Waals surface area contributed by atoms with Gasteiger partial charge in [-0.25, -0.2) is 13.2 Å². The lowest BCUT2D eigenvalue weighted by atomic mass is 10.1. The van der Waals surface area contributed by atoms with Crippen molar-refractivity contribution in [3.63, 3.8) is 0 Å². The van der Waals surface area contributed by atoms with Crippen LogP contribution in [0, 0.1) is 6.92 Å². The molecule has 0 atom stereocenters. The van der Waals surface area contributed by atoms with Crippen LogP contribution in [0.25, 0.3) is 0 Å². The number of hydrogen-bond donors (Lipinski definition) is 1. The second-order valence-electron chi connectivity index (χ2n) is 7.22. The van der Waals surface area contributed by atoms with Crippen LogP contribution in [0.15, 0.2) is 71.6 Å². The molecule has 3 rings (SSSR count). The Kier molecular flexibility index (Phi) is 8.19. The van der Waals surface area contributed by atoms with Crippen LogP contribution in [-0.4, -0.2) is 33.4 Å². The Morgan fingerprint density at radius 3 is 2.35 bits per heavy atom. The largest absolute Gasteiger partial charge is 0.462 e. The summed E-state index contributed by atoms with van der Waals surface area (Å²) in [4.78, 5) is 25.1. The molecule has 0 heterocycles. The number of sulfonamides is 1. The molecule has 0 aliphatic rings. The summed E-state index contributed by atoms with van der Waals surface area (Å²) in [6, 6.07) is 16.8. The van der Waals surface area contributed by atoms with Gasteiger partial charge in [-0.2, -0.15) is 0 Å². The minimum absolute atomic E-state index is 0.00527. The van der Waals surface area contributed by atoms with Gasteiger partial charge >= 0.3 is 5.97 Å². The number of carbonyl (C=O) groups excluding carboxylic acids is 2. The van der Waals surface area contributed by atoms with E-state index in [0.29, 0.717) is 16.3 Å². The monoisotopic (exact) mass is 520 g/mol. The number of aryl methyl sites for hydroxylation is 1. The van der Waals surface area contributed by atoms with E-state index in [0.717, 1.165) is 4.31 Å². The van der Waals surface area contributed by atoms with Gasteiger partial charge in [0.15, 0.2) is 0 Å². The van der Waals surface area contributed by atoms with Crippen molar-refractivity contribution in [2.24, 2.45) is 0 Å². The highest BCUT2D eigenvalue weighted by molar-refractivity contribution is 7.92. The van der Waals surface area contributed by atoms with Crippen molar-refractivity contribution in [1.82, 2.24) is 0 Å². The summed E-state index contributed by atoms with van der Waals surface area (Å²) >= 11 is 12.3. The SMILES string of the molecule is CCOC(=O)c1ccc(C)c(NC(=O)CN(c2ccc(Cl)cc2Cl)S(=O)(=O)c2ccccc2)c1. The molecule has 1 amide bonds. The Morgan fingerprint density at radius 1 is 1.00 bits per heavy atom. The normalized spacial score (nSPS) is 11.1. The van der Waals surface area contributed by atoms with Crippen molar-refractivity contribution in [2.45, 2.75) is 18.7 Å². The summed E-state index contributed by atoms with van der Waals surface area (Å²) in [6.07, 6.45) is 0. The zero-order valence-corrected chi connectivity index (χ0v) is 20.7. The third kappa shape index (κ3) is 5.88. The molecule has 3 aromatic rings. The third-order valence-electron chi connectivity index (χ3n) is 4.82. The van der Waals surface area contributed by atoms with Crippen molar-refractivity contribution in [3.05, 3.63) is 87.9 Å². The lowest BCUT2D eigenvalue weighted by molar-refractivity contribution is -0.114. The standard InChI is InChI=1S/C24H22Cl2N2O5S/c1-3-33-24(30)17-10-9-16(2)21(13-17)27-23(29)15-28(22-12-11-18(25)14-20(22)26)34(31,32)19-7-5-4-6-8-19/h4-14H,3,15H2,1-2H3,(H,27,29). The van der Waals surface area contributed by atoms with E-state index in [1.807, 2.05) is 0 Å². The van der Waals surface area contributed by atoms with Crippen molar-refractivity contribution >= 4 is 56.5 Å². The molecule has 0 saturated carbocycles. The molecule has 0 unspecified atom stereocenters. The van der Waals surface area contributed by atoms with Crippen molar-refractivity contribution < 1.29 is 22.7 Å². The Morgan fingerprint density at radius 2 is 1.71 bits per heavy atom. The number of esters is 1. The number of ether oxygens (including phenoxy) is 1. The van der Waals surface area contributed by atoms with Gasteiger partial charge in [0.05, 0.1) is 27.8 Å². The molecule has 0 spiro atoms. The number of halogens is 2. The fourth-order valence-corrected chi connectivity index (χ4v) is 5.14. The zero-order chi connectivity index (χ0) is 24.9. The number of nitrogens with one attached hydrogen (secondary N) is 1. The van der Waals surface area contributed by atoms with E-state index >= 15 is 0 Å². The highest BCUT2D eigenvalue weighted by Crippen LogP contribution is 2.32. The first kappa shape index (κ1) is 25.6. The summed E-state index contributed by atoms with van der Waals surface area (Å²) in [5.41, 5.74) is 1.40. The summed E-state index contributed by atoms with van der Waals surface area (Å²) in [5.74, 6) is -1.16. The number of benzene rings is 3. The Hall–Kier alpha value is -3.07. The number of rotatable bonds is 8. The van der Waals surface area contributed by atoms with Crippen molar-refractivity contribution in [3.8, 4) is 0 Å². The third-order valence-corrected chi connectivity index (χ3v) is 7.13. The molecule has 0 radical (unpaired) electrons. The van der Waals surface area contributed by atoms with Gasteiger partial charge in [0, 0.05) is 10.7 Å². The Bertz CT molecular complexity index is 1310. The molecule has 10 heteroatoms. The number of hydrogen-bond acceptors (Lipinski definition) is 5. The molecule has 0 saturated heterocycles. The molecular weight excluding hydrogens is 499 g/mol. The van der Waals surface area contributed by atoms with E-state index in [-0.39, 0.29) is 27.8 Å². The van der Waals surface area contributed by atoms with Crippen LogP contribution in [0.4, 0.5) is 11.4 Å². The summed E-state index contributed by atoms with van der Waals surface area (Å²) in [5, 5.41) is 3.07. The first-order chi connectivity index (χ1) is 16.1. The molecule has 178 valence electrons. The van der Waals surface area contributed by atoms with E-state index < -0.39 is 28.4 Å². The van der Waals surface area contributed by atoms with Crippen molar-refractivity contribution in [2.75, 3.05) is 22.8 Å². The van der Waals surface area contributed by atoms with E-state index in [1.54, 1.807) is 44.2 Å². The van der Waals surface area contributed by atoms with E-state index in [1.165, 1.54) is 36.4 Å². The zero-order valence-electron chi connectivity index (χ0n) is 18.4. The van der Waals surface area contributed by atoms with Gasteiger partial charge in [-0.3, -0.25) is 9.10 Å². The molecule has 7 nitrogen and oxygen atoms in total. The lowest BCUT2D eigenvalue weighted by Gasteiger charge is -2.25. The number of amides is 1. The minimum atomic E-state index is -4.15. The first-order valence-corrected chi connectivity index (χ1v) is 12.4. The summed E-state index contributed by atoms with van der Waals surface area (Å²) in [7, 11) is -4.15. The maximum absolute atomic E-state index is 13.4. The minimum Gasteiger partial charge on any atom is -0.462 e. The van der Waals surface area contributed by atoms with E-state index in [9.17, 15) is 18.0 Å². The second-order valence-corrected chi connectivity index (χ2v) is 9.92. The average molecular weight is 521 g/mol. The highest BCUT2D eigenvalue weighted by atomic mass is 35.5. The van der Waals surface area contributed by atoms with Gasteiger partial charge in [0.25, 0.3) is 10.0 Å². The van der Waals surface area contributed by atoms with Gasteiger partial charge in [0.1, 0.15) is 6.54 Å². The van der Waals surface area contributed by atoms with Gasteiger partial charge in [-0.15, -0.1) is 0 Å². The van der Waals surface area contributed by atoms with E-state index in [2.05, 4.69) is 5.32 Å². The Balaban J connectivity index is 1.95. The summed E-state index contributed by atoms with van der Waals surface area (Å²) in [6.45, 7) is 3.09. The molecule has 0 bridgehead atoms. The van der Waals surface area contributed by atoms with Crippen LogP contribution in [0.3, 0.4) is 0 Å². The van der Waals surface area contributed by atoms with Crippen LogP contribution in [0.5, 0.6) is 0 Å². The quantitative estimate of drug-likeness (QED) is 0.406. The van der Waals surface area contributed by atoms with Gasteiger partial charge in [-0.05, 0) is 61.9 Å². The molecule has 0 aliphatic heterocycles. The lowest BCUT2D eigenvalue weighted by Crippen LogP contribution is -2.38. The molecule has 0 aromatic heterocycles. The molecule has 1 N–H and O–H groups in total. The highest BCUT2D eigenvalue weighted by Gasteiger charge is 2.29. The molecule has 0 fully saturated rings. The molecular formula is C24H22Cl2N2O5S. The number of carbonyl (C=O) groups is 2. The van der Waals surface area contributed by atoms with Crippen LogP contribution < -0.4 is 9.62 Å². The fourth-order valence-electron chi connectivity index (χ4n) is 3.12. The summed E-state index contributed by atoms with van der Waals surface area (Å²) < 4.78 is 32.8. The van der Waals surface area contributed by atoms with E-state index in [4.69, 9.17) is 27.9 Å². The maximum Gasteiger partial charge on any atom is 0.338 e. The van der Waals surface area contributed by atoms with Crippen LogP contribution in [0.2, 0.25) is 10.0 Å². The smallest absolute Gasteiger partial charge is 0.338 e. The topological polar surface area (TPSA) is 92.8 Å².